The van der Waals surface area contributed by atoms with E-state index in [-0.39, 0.29) is 0 Å². The summed E-state index contributed by atoms with van der Waals surface area (Å²) in [4.78, 5) is 2.44. The molecular formula is C17H21BrN2. The van der Waals surface area contributed by atoms with Crippen molar-refractivity contribution in [3.8, 4) is 0 Å². The molecule has 0 bridgehead atoms. The van der Waals surface area contributed by atoms with Crippen LogP contribution in [0, 0.1) is 0 Å². The van der Waals surface area contributed by atoms with Gasteiger partial charge in [0, 0.05) is 29.3 Å². The highest BCUT2D eigenvalue weighted by Crippen LogP contribution is 2.20. The van der Waals surface area contributed by atoms with Crippen LogP contribution in [0.3, 0.4) is 0 Å². The molecule has 0 saturated carbocycles. The summed E-state index contributed by atoms with van der Waals surface area (Å²) in [6.45, 7) is 6.30. The van der Waals surface area contributed by atoms with Crippen molar-refractivity contribution in [2.45, 2.75) is 33.0 Å². The molecule has 0 radical (unpaired) electrons. The van der Waals surface area contributed by atoms with Crippen molar-refractivity contribution < 1.29 is 0 Å². The maximum atomic E-state index is 5.92. The van der Waals surface area contributed by atoms with Crippen LogP contribution in [0.4, 0.5) is 5.69 Å². The zero-order valence-electron chi connectivity index (χ0n) is 12.0. The summed E-state index contributed by atoms with van der Waals surface area (Å²) in [5.41, 5.74) is 9.29. The monoisotopic (exact) mass is 332 g/mol. The van der Waals surface area contributed by atoms with Gasteiger partial charge >= 0.3 is 0 Å². The van der Waals surface area contributed by atoms with E-state index >= 15 is 0 Å². The molecule has 2 nitrogen and oxygen atoms in total. The Morgan fingerprint density at radius 3 is 2.25 bits per heavy atom. The number of benzene rings is 2. The quantitative estimate of drug-likeness (QED) is 0.820. The van der Waals surface area contributed by atoms with Crippen LogP contribution in [0.15, 0.2) is 53.0 Å². The number of anilines is 1. The van der Waals surface area contributed by atoms with Crippen LogP contribution in [0.25, 0.3) is 0 Å². The van der Waals surface area contributed by atoms with E-state index in [0.29, 0.717) is 6.04 Å². The fourth-order valence-electron chi connectivity index (χ4n) is 2.24. The average Bonchev–Trinajstić information content (AvgIpc) is 2.38. The molecular weight excluding hydrogens is 312 g/mol. The van der Waals surface area contributed by atoms with Crippen LogP contribution >= 0.6 is 15.9 Å². The summed E-state index contributed by atoms with van der Waals surface area (Å²) in [5, 5.41) is 0. The SMILES string of the molecule is CC(C)N(Cc1ccccc1)Cc1cc(N)cc(Br)c1. The number of hydrogen-bond acceptors (Lipinski definition) is 2. The second kappa shape index (κ2) is 6.91. The van der Waals surface area contributed by atoms with E-state index in [2.05, 4.69) is 71.1 Å². The Labute approximate surface area is 129 Å². The van der Waals surface area contributed by atoms with Crippen molar-refractivity contribution in [2.24, 2.45) is 0 Å². The summed E-state index contributed by atoms with van der Waals surface area (Å²) in [6.07, 6.45) is 0. The molecule has 0 atom stereocenters. The lowest BCUT2D eigenvalue weighted by molar-refractivity contribution is 0.203. The molecule has 106 valence electrons. The minimum absolute atomic E-state index is 0.482. The normalized spacial score (nSPS) is 11.2. The summed E-state index contributed by atoms with van der Waals surface area (Å²) in [6, 6.07) is 17.2. The van der Waals surface area contributed by atoms with Crippen LogP contribution < -0.4 is 5.73 Å². The fraction of sp³-hybridized carbons (Fsp3) is 0.294. The number of nitrogens with zero attached hydrogens (tertiary/aromatic N) is 1. The highest BCUT2D eigenvalue weighted by molar-refractivity contribution is 9.10. The molecule has 0 aromatic heterocycles. The van der Waals surface area contributed by atoms with Gasteiger partial charge in [-0.25, -0.2) is 0 Å². The summed E-state index contributed by atoms with van der Waals surface area (Å²) < 4.78 is 1.04. The number of hydrogen-bond donors (Lipinski definition) is 1. The van der Waals surface area contributed by atoms with E-state index in [1.807, 2.05) is 12.1 Å². The highest BCUT2D eigenvalue weighted by Gasteiger charge is 2.11. The molecule has 0 aliphatic carbocycles. The van der Waals surface area contributed by atoms with Gasteiger partial charge in [-0.1, -0.05) is 46.3 Å². The molecule has 2 rings (SSSR count). The van der Waals surface area contributed by atoms with Crippen LogP contribution in [0.5, 0.6) is 0 Å². The first-order valence-corrected chi connectivity index (χ1v) is 7.67. The van der Waals surface area contributed by atoms with Gasteiger partial charge in [-0.15, -0.1) is 0 Å². The van der Waals surface area contributed by atoms with Crippen LogP contribution in [0.2, 0.25) is 0 Å². The summed E-state index contributed by atoms with van der Waals surface area (Å²) >= 11 is 3.51. The first-order chi connectivity index (χ1) is 9.54. The van der Waals surface area contributed by atoms with Gasteiger partial charge in [-0.3, -0.25) is 4.90 Å². The van der Waals surface area contributed by atoms with Crippen LogP contribution in [0.1, 0.15) is 25.0 Å². The van der Waals surface area contributed by atoms with E-state index in [1.165, 1.54) is 11.1 Å². The van der Waals surface area contributed by atoms with Crippen molar-refractivity contribution in [1.82, 2.24) is 4.90 Å². The highest BCUT2D eigenvalue weighted by atomic mass is 79.9. The zero-order chi connectivity index (χ0) is 14.5. The second-order valence-electron chi connectivity index (χ2n) is 5.38. The van der Waals surface area contributed by atoms with Gasteiger partial charge in [0.25, 0.3) is 0 Å². The van der Waals surface area contributed by atoms with Gasteiger partial charge in [0.2, 0.25) is 0 Å². The van der Waals surface area contributed by atoms with E-state index in [1.54, 1.807) is 0 Å². The van der Waals surface area contributed by atoms with Gasteiger partial charge < -0.3 is 5.73 Å². The number of nitrogens with two attached hydrogens (primary N) is 1. The molecule has 0 heterocycles. The van der Waals surface area contributed by atoms with Crippen molar-refractivity contribution in [1.29, 1.82) is 0 Å². The maximum Gasteiger partial charge on any atom is 0.0328 e. The molecule has 0 amide bonds. The fourth-order valence-corrected chi connectivity index (χ4v) is 2.80. The first-order valence-electron chi connectivity index (χ1n) is 6.87. The molecule has 0 unspecified atom stereocenters. The Hall–Kier alpha value is -1.32. The minimum Gasteiger partial charge on any atom is -0.399 e. The third-order valence-corrected chi connectivity index (χ3v) is 3.78. The molecule has 0 saturated heterocycles. The number of rotatable bonds is 5. The standard InChI is InChI=1S/C17H21BrN2/c1-13(2)20(11-14-6-4-3-5-7-14)12-15-8-16(18)10-17(19)9-15/h3-10,13H,11-12,19H2,1-2H3. The average molecular weight is 333 g/mol. The molecule has 0 fully saturated rings. The van der Waals surface area contributed by atoms with Crippen LogP contribution in [-0.4, -0.2) is 10.9 Å². The lowest BCUT2D eigenvalue weighted by Gasteiger charge is -2.27. The molecule has 2 aromatic carbocycles. The third-order valence-electron chi connectivity index (χ3n) is 3.32. The smallest absolute Gasteiger partial charge is 0.0328 e. The van der Waals surface area contributed by atoms with Crippen molar-refractivity contribution in [3.63, 3.8) is 0 Å². The lowest BCUT2D eigenvalue weighted by atomic mass is 10.1. The molecule has 2 N–H and O–H groups in total. The van der Waals surface area contributed by atoms with Gasteiger partial charge in [0.15, 0.2) is 0 Å². The van der Waals surface area contributed by atoms with Crippen molar-refractivity contribution in [3.05, 3.63) is 64.1 Å². The zero-order valence-corrected chi connectivity index (χ0v) is 13.6. The summed E-state index contributed by atoms with van der Waals surface area (Å²) in [7, 11) is 0. The Kier molecular flexibility index (Phi) is 5.21. The largest absolute Gasteiger partial charge is 0.399 e. The molecule has 0 aliphatic heterocycles. The Bertz CT molecular complexity index is 532. The predicted molar refractivity (Wildman–Crippen MR) is 89.4 cm³/mol. The predicted octanol–water partition coefficient (Wildman–Crippen LogP) is 4.44. The van der Waals surface area contributed by atoms with E-state index in [0.717, 1.165) is 23.2 Å². The maximum absolute atomic E-state index is 5.92. The molecule has 0 spiro atoms. The van der Waals surface area contributed by atoms with Gasteiger partial charge in [-0.05, 0) is 43.2 Å². The topological polar surface area (TPSA) is 29.3 Å². The lowest BCUT2D eigenvalue weighted by Crippen LogP contribution is -2.29. The Morgan fingerprint density at radius 2 is 1.65 bits per heavy atom. The van der Waals surface area contributed by atoms with Crippen molar-refractivity contribution >= 4 is 21.6 Å². The molecule has 3 heteroatoms. The Balaban J connectivity index is 2.13. The molecule has 0 aliphatic rings. The van der Waals surface area contributed by atoms with Gasteiger partial charge in [0.1, 0.15) is 0 Å². The molecule has 20 heavy (non-hydrogen) atoms. The molecule has 2 aromatic rings. The van der Waals surface area contributed by atoms with Crippen molar-refractivity contribution in [2.75, 3.05) is 5.73 Å². The number of halogens is 1. The van der Waals surface area contributed by atoms with Gasteiger partial charge in [0.05, 0.1) is 0 Å². The van der Waals surface area contributed by atoms with Gasteiger partial charge in [-0.2, -0.15) is 0 Å². The van der Waals surface area contributed by atoms with E-state index in [4.69, 9.17) is 5.73 Å². The van der Waals surface area contributed by atoms with Crippen LogP contribution in [-0.2, 0) is 13.1 Å². The van der Waals surface area contributed by atoms with E-state index < -0.39 is 0 Å². The van der Waals surface area contributed by atoms with E-state index in [9.17, 15) is 0 Å². The third kappa shape index (κ3) is 4.36. The minimum atomic E-state index is 0.482. The summed E-state index contributed by atoms with van der Waals surface area (Å²) in [5.74, 6) is 0. The first kappa shape index (κ1) is 15.1. The Morgan fingerprint density at radius 1 is 1.00 bits per heavy atom. The number of nitrogen functional groups attached to an aromatic ring is 1. The second-order valence-corrected chi connectivity index (χ2v) is 6.29.